The van der Waals surface area contributed by atoms with Gasteiger partial charge in [-0.2, -0.15) is 0 Å². The molecule has 0 atom stereocenters. The second-order valence-electron chi connectivity index (χ2n) is 4.81. The van der Waals surface area contributed by atoms with Gasteiger partial charge in [0.05, 0.1) is 12.1 Å². The van der Waals surface area contributed by atoms with Crippen molar-refractivity contribution in [1.29, 1.82) is 0 Å². The molecule has 7 nitrogen and oxygen atoms in total. The number of fused-ring (bicyclic) bond motifs is 1. The number of H-pyrrole nitrogens is 1. The van der Waals surface area contributed by atoms with Crippen LogP contribution < -0.4 is 16.0 Å². The molecule has 0 bridgehead atoms. The number of aromatic amines is 1. The maximum Gasteiger partial charge on any atom is 0.335 e. The molecule has 3 rings (SSSR count). The van der Waals surface area contributed by atoms with E-state index in [0.717, 1.165) is 10.1 Å². The zero-order valence-electron chi connectivity index (χ0n) is 11.4. The molecule has 1 aromatic carbocycles. The SMILES string of the molecule is O=C(O)C1=Cc2c([nH]c(=O)n(Cc3ccccc3)c2=O)OC1. The Labute approximate surface area is 124 Å². The van der Waals surface area contributed by atoms with Crippen LogP contribution in [0.1, 0.15) is 11.1 Å². The summed E-state index contributed by atoms with van der Waals surface area (Å²) in [5, 5.41) is 8.98. The zero-order chi connectivity index (χ0) is 15.7. The number of nitrogens with zero attached hydrogens (tertiary/aromatic N) is 1. The fraction of sp³-hybridized carbons (Fsp3) is 0.133. The number of hydrogen-bond donors (Lipinski definition) is 2. The van der Waals surface area contributed by atoms with Crippen LogP contribution in [-0.2, 0) is 11.3 Å². The van der Waals surface area contributed by atoms with Gasteiger partial charge < -0.3 is 9.84 Å². The van der Waals surface area contributed by atoms with Crippen molar-refractivity contribution in [2.24, 2.45) is 0 Å². The smallest absolute Gasteiger partial charge is 0.335 e. The highest BCUT2D eigenvalue weighted by Crippen LogP contribution is 2.19. The first-order chi connectivity index (χ1) is 10.6. The Morgan fingerprint density at radius 2 is 2.00 bits per heavy atom. The molecule has 0 saturated carbocycles. The molecule has 0 radical (unpaired) electrons. The first kappa shape index (κ1) is 13.9. The summed E-state index contributed by atoms with van der Waals surface area (Å²) in [6.07, 6.45) is 1.24. The lowest BCUT2D eigenvalue weighted by atomic mass is 10.1. The summed E-state index contributed by atoms with van der Waals surface area (Å²) in [6, 6.07) is 9.02. The van der Waals surface area contributed by atoms with Gasteiger partial charge in [-0.25, -0.2) is 9.59 Å². The van der Waals surface area contributed by atoms with Crippen molar-refractivity contribution >= 4 is 12.0 Å². The van der Waals surface area contributed by atoms with Crippen LogP contribution in [0.2, 0.25) is 0 Å². The van der Waals surface area contributed by atoms with E-state index in [1.807, 2.05) is 6.07 Å². The standard InChI is InChI=1S/C15H12N2O5/c18-13-11-6-10(14(19)20)8-22-12(11)16-15(21)17(13)7-9-4-2-1-3-5-9/h1-6H,7-8H2,(H,16,21)(H,19,20). The van der Waals surface area contributed by atoms with Crippen LogP contribution in [-0.4, -0.2) is 27.2 Å². The van der Waals surface area contributed by atoms with Crippen LogP contribution >= 0.6 is 0 Å². The Morgan fingerprint density at radius 3 is 2.68 bits per heavy atom. The Balaban J connectivity index is 2.11. The van der Waals surface area contributed by atoms with Crippen LogP contribution in [0.5, 0.6) is 5.88 Å². The largest absolute Gasteiger partial charge is 0.478 e. The summed E-state index contributed by atoms with van der Waals surface area (Å²) < 4.78 is 6.16. The molecule has 1 aliphatic heterocycles. The van der Waals surface area contributed by atoms with Crippen LogP contribution in [0, 0.1) is 0 Å². The quantitative estimate of drug-likeness (QED) is 0.856. The predicted octanol–water partition coefficient (Wildman–Crippen LogP) is 0.445. The number of carboxylic acid groups (broad SMARTS) is 1. The molecule has 2 aromatic rings. The highest BCUT2D eigenvalue weighted by atomic mass is 16.5. The molecular weight excluding hydrogens is 288 g/mol. The molecule has 2 heterocycles. The monoisotopic (exact) mass is 300 g/mol. The molecule has 0 spiro atoms. The molecular formula is C15H12N2O5. The summed E-state index contributed by atoms with van der Waals surface area (Å²) in [6.45, 7) is -0.0983. The summed E-state index contributed by atoms with van der Waals surface area (Å²) in [4.78, 5) is 37.9. The predicted molar refractivity (Wildman–Crippen MR) is 78.0 cm³/mol. The highest BCUT2D eigenvalue weighted by molar-refractivity contribution is 5.93. The molecule has 7 heteroatoms. The van der Waals surface area contributed by atoms with Gasteiger partial charge >= 0.3 is 11.7 Å². The zero-order valence-corrected chi connectivity index (χ0v) is 11.4. The van der Waals surface area contributed by atoms with Crippen LogP contribution in [0.3, 0.4) is 0 Å². The third-order valence-corrected chi connectivity index (χ3v) is 3.33. The van der Waals surface area contributed by atoms with Crippen molar-refractivity contribution in [3.8, 4) is 5.88 Å². The Bertz CT molecular complexity index is 877. The minimum atomic E-state index is -1.16. The second-order valence-corrected chi connectivity index (χ2v) is 4.81. The number of hydrogen-bond acceptors (Lipinski definition) is 4. The number of carboxylic acids is 1. The molecule has 0 saturated heterocycles. The van der Waals surface area contributed by atoms with Gasteiger partial charge in [-0.1, -0.05) is 30.3 Å². The number of aliphatic carboxylic acids is 1. The van der Waals surface area contributed by atoms with Gasteiger partial charge in [0.2, 0.25) is 5.88 Å². The van der Waals surface area contributed by atoms with Gasteiger partial charge in [-0.15, -0.1) is 0 Å². The van der Waals surface area contributed by atoms with E-state index in [4.69, 9.17) is 9.84 Å². The Hall–Kier alpha value is -3.09. The number of carbonyl (C=O) groups is 1. The first-order valence-corrected chi connectivity index (χ1v) is 6.54. The van der Waals surface area contributed by atoms with E-state index in [-0.39, 0.29) is 30.2 Å². The van der Waals surface area contributed by atoms with Gasteiger partial charge in [-0.05, 0) is 11.6 Å². The molecule has 0 aliphatic carbocycles. The maximum absolute atomic E-state index is 12.4. The van der Waals surface area contributed by atoms with E-state index in [2.05, 4.69) is 4.98 Å². The van der Waals surface area contributed by atoms with Crippen LogP contribution in [0.4, 0.5) is 0 Å². The van der Waals surface area contributed by atoms with Crippen molar-refractivity contribution in [2.75, 3.05) is 6.61 Å². The molecule has 0 fully saturated rings. The van der Waals surface area contributed by atoms with Gasteiger partial charge in [0.15, 0.2) is 0 Å². The third kappa shape index (κ3) is 2.44. The molecule has 112 valence electrons. The van der Waals surface area contributed by atoms with Gasteiger partial charge in [0.1, 0.15) is 12.2 Å². The van der Waals surface area contributed by atoms with Crippen LogP contribution in [0.15, 0.2) is 45.5 Å². The fourth-order valence-electron chi connectivity index (χ4n) is 2.21. The molecule has 22 heavy (non-hydrogen) atoms. The van der Waals surface area contributed by atoms with Gasteiger partial charge in [0, 0.05) is 0 Å². The molecule has 1 aromatic heterocycles. The number of nitrogens with one attached hydrogen (secondary N) is 1. The summed E-state index contributed by atoms with van der Waals surface area (Å²) in [5.41, 5.74) is -0.392. The van der Waals surface area contributed by atoms with Crippen molar-refractivity contribution in [3.63, 3.8) is 0 Å². The lowest BCUT2D eigenvalue weighted by molar-refractivity contribution is -0.132. The van der Waals surface area contributed by atoms with E-state index in [9.17, 15) is 14.4 Å². The molecule has 0 amide bonds. The van der Waals surface area contributed by atoms with Crippen molar-refractivity contribution < 1.29 is 14.6 Å². The molecule has 1 aliphatic rings. The Kier molecular flexibility index (Phi) is 3.38. The average Bonchev–Trinajstić information content (AvgIpc) is 2.52. The molecule has 2 N–H and O–H groups in total. The summed E-state index contributed by atoms with van der Waals surface area (Å²) in [5.74, 6) is -1.16. The van der Waals surface area contributed by atoms with Gasteiger partial charge in [0.25, 0.3) is 5.56 Å². The lowest BCUT2D eigenvalue weighted by Gasteiger charge is -2.16. The maximum atomic E-state index is 12.4. The lowest BCUT2D eigenvalue weighted by Crippen LogP contribution is -2.38. The van der Waals surface area contributed by atoms with Crippen molar-refractivity contribution in [1.82, 2.24) is 9.55 Å². The van der Waals surface area contributed by atoms with E-state index in [0.29, 0.717) is 0 Å². The average molecular weight is 300 g/mol. The van der Waals surface area contributed by atoms with E-state index >= 15 is 0 Å². The topological polar surface area (TPSA) is 101 Å². The molecule has 0 unspecified atom stereocenters. The third-order valence-electron chi connectivity index (χ3n) is 3.33. The van der Waals surface area contributed by atoms with E-state index in [1.165, 1.54) is 6.08 Å². The number of ether oxygens (including phenoxy) is 1. The minimum Gasteiger partial charge on any atom is -0.478 e. The summed E-state index contributed by atoms with van der Waals surface area (Å²) in [7, 11) is 0. The Morgan fingerprint density at radius 1 is 1.27 bits per heavy atom. The number of rotatable bonds is 3. The van der Waals surface area contributed by atoms with Crippen molar-refractivity contribution in [3.05, 3.63) is 67.9 Å². The number of benzene rings is 1. The fourth-order valence-corrected chi connectivity index (χ4v) is 2.21. The summed E-state index contributed by atoms with van der Waals surface area (Å²) >= 11 is 0. The minimum absolute atomic E-state index is 0.00399. The highest BCUT2D eigenvalue weighted by Gasteiger charge is 2.21. The van der Waals surface area contributed by atoms with Crippen molar-refractivity contribution in [2.45, 2.75) is 6.54 Å². The number of aromatic nitrogens is 2. The van der Waals surface area contributed by atoms with Crippen LogP contribution in [0.25, 0.3) is 6.08 Å². The normalized spacial score (nSPS) is 13.0. The second kappa shape index (κ2) is 5.36. The van der Waals surface area contributed by atoms with Gasteiger partial charge in [-0.3, -0.25) is 14.3 Å². The first-order valence-electron chi connectivity index (χ1n) is 6.54. The van der Waals surface area contributed by atoms with E-state index in [1.54, 1.807) is 24.3 Å². The van der Waals surface area contributed by atoms with E-state index < -0.39 is 17.2 Å².